The molecule has 6 heteroatoms. The molecule has 0 atom stereocenters. The number of amides is 1. The maximum Gasteiger partial charge on any atom is 0.275 e. The summed E-state index contributed by atoms with van der Waals surface area (Å²) in [5.41, 5.74) is 3.12. The Morgan fingerprint density at radius 3 is 2.95 bits per heavy atom. The first-order valence-corrected chi connectivity index (χ1v) is 7.19. The number of rotatable bonds is 4. The monoisotopic (exact) mass is 340 g/mol. The number of aryl methyl sites for hydroxylation is 1. The van der Waals surface area contributed by atoms with Crippen LogP contribution in [0.15, 0.2) is 34.8 Å². The van der Waals surface area contributed by atoms with Gasteiger partial charge < -0.3 is 4.74 Å². The molecule has 1 aromatic carbocycles. The predicted molar refractivity (Wildman–Crippen MR) is 79.2 cm³/mol. The standard InChI is InChI=1S/C13H13BrN2O2S/c1-8-9(5-12(19-8)13(17)16-15)7-18-11-4-2-3-10(14)6-11/h2-6H,7,15H2,1H3,(H,16,17). The highest BCUT2D eigenvalue weighted by Gasteiger charge is 2.11. The molecule has 0 fully saturated rings. The van der Waals surface area contributed by atoms with Crippen molar-refractivity contribution >= 4 is 33.2 Å². The van der Waals surface area contributed by atoms with Crippen LogP contribution >= 0.6 is 27.3 Å². The molecule has 0 spiro atoms. The molecular formula is C13H13BrN2O2S. The highest BCUT2D eigenvalue weighted by molar-refractivity contribution is 9.10. The van der Waals surface area contributed by atoms with E-state index in [1.807, 2.05) is 31.2 Å². The normalized spacial score (nSPS) is 10.3. The van der Waals surface area contributed by atoms with Gasteiger partial charge in [0.25, 0.3) is 5.91 Å². The molecule has 0 saturated heterocycles. The number of carbonyl (C=O) groups excluding carboxylic acids is 1. The maximum atomic E-state index is 11.4. The number of benzene rings is 1. The van der Waals surface area contributed by atoms with E-state index in [0.29, 0.717) is 11.5 Å². The van der Waals surface area contributed by atoms with Crippen LogP contribution in [0, 0.1) is 6.92 Å². The Hall–Kier alpha value is -1.37. The third-order valence-electron chi connectivity index (χ3n) is 2.57. The van der Waals surface area contributed by atoms with E-state index in [2.05, 4.69) is 21.4 Å². The van der Waals surface area contributed by atoms with Crippen molar-refractivity contribution in [3.05, 3.63) is 50.1 Å². The van der Waals surface area contributed by atoms with Crippen molar-refractivity contribution in [2.75, 3.05) is 0 Å². The Balaban J connectivity index is 2.07. The van der Waals surface area contributed by atoms with Gasteiger partial charge in [-0.05, 0) is 31.2 Å². The third-order valence-corrected chi connectivity index (χ3v) is 4.15. The number of halogens is 1. The molecule has 19 heavy (non-hydrogen) atoms. The first-order chi connectivity index (χ1) is 9.10. The molecule has 0 unspecified atom stereocenters. The van der Waals surface area contributed by atoms with Gasteiger partial charge in [-0.25, -0.2) is 5.84 Å². The Bertz CT molecular complexity index is 598. The van der Waals surface area contributed by atoms with Crippen LogP contribution in [0.3, 0.4) is 0 Å². The highest BCUT2D eigenvalue weighted by atomic mass is 79.9. The molecule has 0 aliphatic heterocycles. The van der Waals surface area contributed by atoms with Crippen molar-refractivity contribution in [2.24, 2.45) is 5.84 Å². The van der Waals surface area contributed by atoms with Crippen LogP contribution in [0.5, 0.6) is 5.75 Å². The molecule has 0 saturated carbocycles. The summed E-state index contributed by atoms with van der Waals surface area (Å²) in [5, 5.41) is 0. The van der Waals surface area contributed by atoms with Gasteiger partial charge >= 0.3 is 0 Å². The number of nitrogen functional groups attached to an aromatic ring is 1. The summed E-state index contributed by atoms with van der Waals surface area (Å²) in [6.45, 7) is 2.38. The zero-order valence-electron chi connectivity index (χ0n) is 10.3. The smallest absolute Gasteiger partial charge is 0.275 e. The second-order valence-electron chi connectivity index (χ2n) is 3.91. The largest absolute Gasteiger partial charge is 0.489 e. The fraction of sp³-hybridized carbons (Fsp3) is 0.154. The first-order valence-electron chi connectivity index (χ1n) is 5.59. The van der Waals surface area contributed by atoms with Crippen LogP contribution in [0.4, 0.5) is 0 Å². The van der Waals surface area contributed by atoms with Gasteiger partial charge in [0.05, 0.1) is 4.88 Å². The Kier molecular flexibility index (Phi) is 4.57. The molecule has 0 aliphatic carbocycles. The molecule has 1 heterocycles. The second kappa shape index (κ2) is 6.18. The summed E-state index contributed by atoms with van der Waals surface area (Å²) in [6, 6.07) is 9.44. The zero-order valence-corrected chi connectivity index (χ0v) is 12.7. The number of hydrazine groups is 1. The number of thiophene rings is 1. The van der Waals surface area contributed by atoms with Crippen LogP contribution in [-0.4, -0.2) is 5.91 Å². The van der Waals surface area contributed by atoms with E-state index in [1.54, 1.807) is 6.07 Å². The van der Waals surface area contributed by atoms with Gasteiger partial charge in [0.1, 0.15) is 12.4 Å². The summed E-state index contributed by atoms with van der Waals surface area (Å²) in [4.78, 5) is 13.1. The van der Waals surface area contributed by atoms with Crippen LogP contribution < -0.4 is 16.0 Å². The zero-order chi connectivity index (χ0) is 13.8. The summed E-state index contributed by atoms with van der Waals surface area (Å²) in [7, 11) is 0. The van der Waals surface area contributed by atoms with Gasteiger partial charge in [0.15, 0.2) is 0 Å². The lowest BCUT2D eigenvalue weighted by atomic mass is 10.2. The fourth-order valence-electron chi connectivity index (χ4n) is 1.56. The average Bonchev–Trinajstić information content (AvgIpc) is 2.77. The minimum atomic E-state index is -0.276. The summed E-state index contributed by atoms with van der Waals surface area (Å²) >= 11 is 4.79. The molecule has 0 bridgehead atoms. The van der Waals surface area contributed by atoms with Gasteiger partial charge in [0.2, 0.25) is 0 Å². The van der Waals surface area contributed by atoms with Crippen LogP contribution in [0.2, 0.25) is 0 Å². The van der Waals surface area contributed by atoms with E-state index in [-0.39, 0.29) is 5.91 Å². The number of hydrogen-bond acceptors (Lipinski definition) is 4. The molecule has 2 aromatic rings. The van der Waals surface area contributed by atoms with Gasteiger partial charge in [-0.1, -0.05) is 22.0 Å². The topological polar surface area (TPSA) is 64.4 Å². The summed E-state index contributed by atoms with van der Waals surface area (Å²) in [6.07, 6.45) is 0. The predicted octanol–water partition coefficient (Wildman–Crippen LogP) is 3.00. The van der Waals surface area contributed by atoms with Crippen molar-refractivity contribution in [3.63, 3.8) is 0 Å². The van der Waals surface area contributed by atoms with Gasteiger partial charge in [-0.15, -0.1) is 11.3 Å². The molecular weight excluding hydrogens is 328 g/mol. The van der Waals surface area contributed by atoms with E-state index in [0.717, 1.165) is 20.7 Å². The van der Waals surface area contributed by atoms with E-state index < -0.39 is 0 Å². The Morgan fingerprint density at radius 1 is 1.47 bits per heavy atom. The summed E-state index contributed by atoms with van der Waals surface area (Å²) < 4.78 is 6.66. The summed E-state index contributed by atoms with van der Waals surface area (Å²) in [5.74, 6) is 5.62. The van der Waals surface area contributed by atoms with E-state index >= 15 is 0 Å². The maximum absolute atomic E-state index is 11.4. The molecule has 2 rings (SSSR count). The van der Waals surface area contributed by atoms with E-state index in [9.17, 15) is 4.79 Å². The molecule has 1 aromatic heterocycles. The van der Waals surface area contributed by atoms with Gasteiger partial charge in [-0.2, -0.15) is 0 Å². The van der Waals surface area contributed by atoms with E-state index in [4.69, 9.17) is 10.6 Å². The number of nitrogens with one attached hydrogen (secondary N) is 1. The lowest BCUT2D eigenvalue weighted by molar-refractivity contribution is 0.0957. The van der Waals surface area contributed by atoms with E-state index in [1.165, 1.54) is 11.3 Å². The van der Waals surface area contributed by atoms with Crippen LogP contribution in [0.25, 0.3) is 0 Å². The van der Waals surface area contributed by atoms with Crippen molar-refractivity contribution in [2.45, 2.75) is 13.5 Å². The lowest BCUT2D eigenvalue weighted by Crippen LogP contribution is -2.29. The molecule has 1 amide bonds. The molecule has 100 valence electrons. The lowest BCUT2D eigenvalue weighted by Gasteiger charge is -2.05. The number of hydrogen-bond donors (Lipinski definition) is 2. The highest BCUT2D eigenvalue weighted by Crippen LogP contribution is 2.24. The third kappa shape index (κ3) is 3.56. The first kappa shape index (κ1) is 14.0. The van der Waals surface area contributed by atoms with Gasteiger partial charge in [0, 0.05) is 14.9 Å². The SMILES string of the molecule is Cc1sc(C(=O)NN)cc1COc1cccc(Br)c1. The quantitative estimate of drug-likeness (QED) is 0.510. The number of carbonyl (C=O) groups is 1. The Labute approximate surface area is 123 Å². The van der Waals surface area contributed by atoms with Crippen LogP contribution in [0.1, 0.15) is 20.1 Å². The molecule has 3 N–H and O–H groups in total. The average molecular weight is 341 g/mol. The second-order valence-corrected chi connectivity index (χ2v) is 6.08. The minimum absolute atomic E-state index is 0.276. The van der Waals surface area contributed by atoms with Gasteiger partial charge in [-0.3, -0.25) is 10.2 Å². The van der Waals surface area contributed by atoms with Crippen molar-refractivity contribution in [1.29, 1.82) is 0 Å². The van der Waals surface area contributed by atoms with Crippen molar-refractivity contribution in [3.8, 4) is 5.75 Å². The fourth-order valence-corrected chi connectivity index (χ4v) is 2.87. The molecule has 0 radical (unpaired) electrons. The number of nitrogens with two attached hydrogens (primary N) is 1. The Morgan fingerprint density at radius 2 is 2.26 bits per heavy atom. The molecule has 0 aliphatic rings. The molecule has 4 nitrogen and oxygen atoms in total. The van der Waals surface area contributed by atoms with Crippen molar-refractivity contribution < 1.29 is 9.53 Å². The van der Waals surface area contributed by atoms with Crippen LogP contribution in [-0.2, 0) is 6.61 Å². The number of ether oxygens (including phenoxy) is 1. The minimum Gasteiger partial charge on any atom is -0.489 e. The van der Waals surface area contributed by atoms with Crippen molar-refractivity contribution in [1.82, 2.24) is 5.43 Å².